The number of carbonyl (C=O) groups excluding carboxylic acids is 2. The van der Waals surface area contributed by atoms with Crippen LogP contribution < -0.4 is 5.32 Å². The quantitative estimate of drug-likeness (QED) is 0.514. The van der Waals surface area contributed by atoms with Gasteiger partial charge in [0.15, 0.2) is 0 Å². The third kappa shape index (κ3) is 6.40. The zero-order valence-corrected chi connectivity index (χ0v) is 17.7. The Morgan fingerprint density at radius 2 is 1.79 bits per heavy atom. The smallest absolute Gasteiger partial charge is 0.475 e. The summed E-state index contributed by atoms with van der Waals surface area (Å²) in [5.41, 5.74) is 0.305. The lowest BCUT2D eigenvalue weighted by Gasteiger charge is -2.35. The Balaban J connectivity index is 0.000000383. The highest BCUT2D eigenvalue weighted by Crippen LogP contribution is 2.33. The number of fused-ring (bicyclic) bond motifs is 1. The van der Waals surface area contributed by atoms with Gasteiger partial charge in [-0.3, -0.25) is 9.59 Å². The average Bonchev–Trinajstić information content (AvgIpc) is 3.42. The minimum absolute atomic E-state index is 0.0173. The molecule has 182 valence electrons. The lowest BCUT2D eigenvalue weighted by molar-refractivity contribution is -0.192. The number of carboxylic acid groups (broad SMARTS) is 1. The maximum absolute atomic E-state index is 13.3. The van der Waals surface area contributed by atoms with Crippen LogP contribution >= 0.6 is 0 Å². The molecule has 0 bridgehead atoms. The minimum Gasteiger partial charge on any atom is -0.475 e. The number of carboxylic acids is 1. The molecular weight excluding hydrogens is 450 g/mol. The monoisotopic (exact) mass is 475 g/mol. The number of aromatic nitrogens is 1. The second-order valence-electron chi connectivity index (χ2n) is 8.26. The fraction of sp³-hybridized carbons (Fsp3) is 0.619. The van der Waals surface area contributed by atoms with Crippen molar-refractivity contribution in [2.24, 2.45) is 0 Å². The number of pyridine rings is 1. The zero-order chi connectivity index (χ0) is 24.2. The molecule has 2 aliphatic heterocycles. The third-order valence-corrected chi connectivity index (χ3v) is 6.02. The molecule has 1 aliphatic carbocycles. The van der Waals surface area contributed by atoms with Crippen LogP contribution in [0.5, 0.6) is 0 Å². The maximum Gasteiger partial charge on any atom is 0.490 e. The van der Waals surface area contributed by atoms with Crippen molar-refractivity contribution in [1.29, 1.82) is 0 Å². The van der Waals surface area contributed by atoms with Crippen LogP contribution in [-0.2, 0) is 14.3 Å². The van der Waals surface area contributed by atoms with Crippen LogP contribution in [0.15, 0.2) is 18.3 Å². The molecule has 2 amide bonds. The summed E-state index contributed by atoms with van der Waals surface area (Å²) in [4.78, 5) is 39.3. The molecule has 3 fully saturated rings. The van der Waals surface area contributed by atoms with Gasteiger partial charge in [-0.2, -0.15) is 17.6 Å². The number of likely N-dealkylation sites (tertiary alicyclic amines) is 1. The summed E-state index contributed by atoms with van der Waals surface area (Å²) in [6.07, 6.45) is 2.16. The topological polar surface area (TPSA) is 109 Å². The number of aliphatic carboxylic acids is 1. The summed E-state index contributed by atoms with van der Waals surface area (Å²) < 4.78 is 51.1. The standard InChI is InChI=1S/C19H24FN3O3.C2HF3O2/c20-17-11-12(7-9-21-17)19(25)23-10-8-15-14(23)5-6-16(26-15)18(24)22-13-3-1-2-4-13;3-2(4,5)1(6)7/h7,9,11,13-16H,1-6,8,10H2,(H,22,24);(H,6,7)/t14-,15-,16-;/m1./s1. The van der Waals surface area contributed by atoms with E-state index in [-0.39, 0.29) is 30.0 Å². The number of amides is 2. The summed E-state index contributed by atoms with van der Waals surface area (Å²) in [5, 5.41) is 10.2. The van der Waals surface area contributed by atoms with E-state index in [0.717, 1.165) is 25.3 Å². The van der Waals surface area contributed by atoms with Crippen molar-refractivity contribution in [2.45, 2.75) is 75.4 Å². The molecular formula is C21H25F4N3O5. The third-order valence-electron chi connectivity index (χ3n) is 6.02. The molecule has 0 unspecified atom stereocenters. The lowest BCUT2D eigenvalue weighted by atomic mass is 9.98. The Morgan fingerprint density at radius 3 is 2.39 bits per heavy atom. The van der Waals surface area contributed by atoms with Crippen LogP contribution in [0.2, 0.25) is 0 Å². The number of rotatable bonds is 3. The number of alkyl halides is 3. The van der Waals surface area contributed by atoms with Crippen LogP contribution in [0.3, 0.4) is 0 Å². The number of hydrogen-bond donors (Lipinski definition) is 2. The number of nitrogens with one attached hydrogen (secondary N) is 1. The normalized spacial score (nSPS) is 25.1. The molecule has 3 aliphatic rings. The maximum atomic E-state index is 13.3. The molecule has 0 aromatic carbocycles. The first kappa shape index (κ1) is 24.9. The summed E-state index contributed by atoms with van der Waals surface area (Å²) in [6, 6.07) is 2.93. The van der Waals surface area contributed by atoms with E-state index in [9.17, 15) is 27.2 Å². The average molecular weight is 475 g/mol. The predicted molar refractivity (Wildman–Crippen MR) is 106 cm³/mol. The van der Waals surface area contributed by atoms with Crippen molar-refractivity contribution in [3.8, 4) is 0 Å². The first-order valence-electron chi connectivity index (χ1n) is 10.7. The highest BCUT2D eigenvalue weighted by Gasteiger charge is 2.44. The molecule has 4 rings (SSSR count). The van der Waals surface area contributed by atoms with Gasteiger partial charge >= 0.3 is 12.1 Å². The molecule has 8 nitrogen and oxygen atoms in total. The largest absolute Gasteiger partial charge is 0.490 e. The number of carbonyl (C=O) groups is 3. The molecule has 0 radical (unpaired) electrons. The van der Waals surface area contributed by atoms with Gasteiger partial charge in [0.2, 0.25) is 11.9 Å². The van der Waals surface area contributed by atoms with Crippen molar-refractivity contribution in [3.63, 3.8) is 0 Å². The van der Waals surface area contributed by atoms with E-state index in [1.165, 1.54) is 25.1 Å². The van der Waals surface area contributed by atoms with E-state index in [4.69, 9.17) is 14.6 Å². The molecule has 2 N–H and O–H groups in total. The van der Waals surface area contributed by atoms with Crippen molar-refractivity contribution in [3.05, 3.63) is 29.8 Å². The van der Waals surface area contributed by atoms with Gasteiger partial charge in [0.25, 0.3) is 5.91 Å². The predicted octanol–water partition coefficient (Wildman–Crippen LogP) is 2.67. The van der Waals surface area contributed by atoms with Crippen LogP contribution in [0, 0.1) is 5.95 Å². The van der Waals surface area contributed by atoms with Gasteiger partial charge in [-0.25, -0.2) is 9.78 Å². The SMILES string of the molecule is O=C(NC1CCCC1)[C@H]1CC[C@@H]2[C@@H](CCN2C(=O)c2ccnc(F)c2)O1.O=C(O)C(F)(F)F. The Hall–Kier alpha value is -2.76. The Kier molecular flexibility index (Phi) is 7.88. The Labute approximate surface area is 187 Å². The molecule has 0 spiro atoms. The van der Waals surface area contributed by atoms with Crippen molar-refractivity contribution >= 4 is 17.8 Å². The molecule has 1 aromatic rings. The van der Waals surface area contributed by atoms with Crippen LogP contribution in [0.4, 0.5) is 17.6 Å². The van der Waals surface area contributed by atoms with E-state index in [1.807, 2.05) is 0 Å². The van der Waals surface area contributed by atoms with Gasteiger partial charge in [-0.1, -0.05) is 12.8 Å². The van der Waals surface area contributed by atoms with Gasteiger partial charge in [0, 0.05) is 30.4 Å². The second kappa shape index (κ2) is 10.4. The van der Waals surface area contributed by atoms with Gasteiger partial charge in [-0.05, 0) is 38.2 Å². The Morgan fingerprint density at radius 1 is 1.12 bits per heavy atom. The molecule has 1 aromatic heterocycles. The molecule has 2 saturated heterocycles. The number of nitrogens with zero attached hydrogens (tertiary/aromatic N) is 2. The van der Waals surface area contributed by atoms with Crippen molar-refractivity contribution in [2.75, 3.05) is 6.54 Å². The van der Waals surface area contributed by atoms with E-state index in [1.54, 1.807) is 4.90 Å². The lowest BCUT2D eigenvalue weighted by Crippen LogP contribution is -2.50. The van der Waals surface area contributed by atoms with E-state index >= 15 is 0 Å². The van der Waals surface area contributed by atoms with Gasteiger partial charge in [-0.15, -0.1) is 0 Å². The van der Waals surface area contributed by atoms with Crippen LogP contribution in [0.1, 0.15) is 55.3 Å². The molecule has 33 heavy (non-hydrogen) atoms. The number of hydrogen-bond acceptors (Lipinski definition) is 5. The molecule has 3 atom stereocenters. The Bertz CT molecular complexity index is 876. The van der Waals surface area contributed by atoms with Crippen LogP contribution in [0.25, 0.3) is 0 Å². The highest BCUT2D eigenvalue weighted by molar-refractivity contribution is 5.94. The van der Waals surface area contributed by atoms with Crippen molar-refractivity contribution in [1.82, 2.24) is 15.2 Å². The van der Waals surface area contributed by atoms with Crippen LogP contribution in [-0.4, -0.2) is 69.8 Å². The first-order valence-corrected chi connectivity index (χ1v) is 10.7. The first-order chi connectivity index (χ1) is 15.6. The van der Waals surface area contributed by atoms with Gasteiger partial charge in [0.05, 0.1) is 12.1 Å². The fourth-order valence-electron chi connectivity index (χ4n) is 4.44. The summed E-state index contributed by atoms with van der Waals surface area (Å²) in [7, 11) is 0. The number of halogens is 4. The van der Waals surface area contributed by atoms with Crippen molar-refractivity contribution < 1.29 is 41.8 Å². The summed E-state index contributed by atoms with van der Waals surface area (Å²) in [6.45, 7) is 0.565. The van der Waals surface area contributed by atoms with E-state index in [0.29, 0.717) is 24.9 Å². The minimum atomic E-state index is -5.08. The van der Waals surface area contributed by atoms with Gasteiger partial charge in [0.1, 0.15) is 6.10 Å². The molecule has 12 heteroatoms. The summed E-state index contributed by atoms with van der Waals surface area (Å²) in [5.74, 6) is -3.63. The second-order valence-corrected chi connectivity index (χ2v) is 8.26. The number of ether oxygens (including phenoxy) is 1. The zero-order valence-electron chi connectivity index (χ0n) is 17.7. The van der Waals surface area contributed by atoms with E-state index in [2.05, 4.69) is 10.3 Å². The molecule has 1 saturated carbocycles. The molecule has 3 heterocycles. The highest BCUT2D eigenvalue weighted by atomic mass is 19.4. The van der Waals surface area contributed by atoms with Gasteiger partial charge < -0.3 is 20.1 Å². The summed E-state index contributed by atoms with van der Waals surface area (Å²) >= 11 is 0. The van der Waals surface area contributed by atoms with E-state index < -0.39 is 24.2 Å². The fourth-order valence-corrected chi connectivity index (χ4v) is 4.44.